The molecule has 0 radical (unpaired) electrons. The number of nitrogens with one attached hydrogen (secondary N) is 1. The lowest BCUT2D eigenvalue weighted by Gasteiger charge is -2.28. The van der Waals surface area contributed by atoms with Gasteiger partial charge in [-0.2, -0.15) is 5.26 Å². The first kappa shape index (κ1) is 26.4. The molecule has 3 rings (SSSR count). The zero-order valence-corrected chi connectivity index (χ0v) is 21.8. The molecule has 11 heteroatoms. The average molecular weight is 581 g/mol. The van der Waals surface area contributed by atoms with Crippen molar-refractivity contribution in [3.63, 3.8) is 0 Å². The highest BCUT2D eigenvalue weighted by Gasteiger charge is 2.38. The van der Waals surface area contributed by atoms with Gasteiger partial charge in [-0.15, -0.1) is 0 Å². The third-order valence-corrected chi connectivity index (χ3v) is 6.28. The maximum Gasteiger partial charge on any atom is 0.338 e. The van der Waals surface area contributed by atoms with Gasteiger partial charge >= 0.3 is 5.97 Å². The largest absolute Gasteiger partial charge is 0.483 e. The van der Waals surface area contributed by atoms with Gasteiger partial charge in [0.15, 0.2) is 6.61 Å². The zero-order chi connectivity index (χ0) is 25.7. The van der Waals surface area contributed by atoms with Crippen molar-refractivity contribution in [1.29, 1.82) is 5.26 Å². The van der Waals surface area contributed by atoms with Gasteiger partial charge in [-0.1, -0.05) is 45.2 Å². The molecular formula is C24H20BrCl2N3O5. The number of rotatable bonds is 7. The van der Waals surface area contributed by atoms with E-state index in [0.29, 0.717) is 20.7 Å². The molecule has 0 saturated heterocycles. The Morgan fingerprint density at radius 1 is 1.29 bits per heavy atom. The number of anilines is 1. The van der Waals surface area contributed by atoms with Gasteiger partial charge in [-0.3, -0.25) is 4.79 Å². The standard InChI is InChI=1S/C24H20BrCl2N3O5/c1-3-33-24(32)20-12(2)35-23(29)15(10-28)21(20)14-9-13(25)7-8-18(14)34-11-19(31)30-17-6-4-5-16(26)22(17)27/h4-9,21H,3,11,29H2,1-2H3,(H,30,31). The summed E-state index contributed by atoms with van der Waals surface area (Å²) in [6.45, 7) is 2.96. The molecule has 0 fully saturated rings. The van der Waals surface area contributed by atoms with Crippen LogP contribution in [0.1, 0.15) is 25.3 Å². The van der Waals surface area contributed by atoms with Crippen LogP contribution >= 0.6 is 39.1 Å². The molecule has 1 aliphatic rings. The van der Waals surface area contributed by atoms with Gasteiger partial charge in [0.2, 0.25) is 5.88 Å². The van der Waals surface area contributed by atoms with E-state index in [0.717, 1.165) is 0 Å². The minimum Gasteiger partial charge on any atom is -0.483 e. The molecule has 0 aromatic heterocycles. The van der Waals surface area contributed by atoms with Gasteiger partial charge in [0.25, 0.3) is 5.91 Å². The first-order valence-corrected chi connectivity index (χ1v) is 11.8. The number of carbonyl (C=O) groups is 2. The van der Waals surface area contributed by atoms with Gasteiger partial charge in [0.05, 0.1) is 33.8 Å². The van der Waals surface area contributed by atoms with Crippen molar-refractivity contribution in [2.24, 2.45) is 5.73 Å². The topological polar surface area (TPSA) is 124 Å². The SMILES string of the molecule is CCOC(=O)C1=C(C)OC(N)=C(C#N)C1c1cc(Br)ccc1OCC(=O)Nc1cccc(Cl)c1Cl. The molecule has 1 atom stereocenters. The number of nitriles is 1. The minimum atomic E-state index is -0.939. The Labute approximate surface area is 220 Å². The van der Waals surface area contributed by atoms with Crippen molar-refractivity contribution in [3.8, 4) is 11.8 Å². The number of hydrogen-bond acceptors (Lipinski definition) is 7. The summed E-state index contributed by atoms with van der Waals surface area (Å²) < 4.78 is 17.1. The predicted molar refractivity (Wildman–Crippen MR) is 135 cm³/mol. The Morgan fingerprint density at radius 3 is 2.71 bits per heavy atom. The summed E-state index contributed by atoms with van der Waals surface area (Å²) in [7, 11) is 0. The van der Waals surface area contributed by atoms with E-state index in [4.69, 9.17) is 43.1 Å². The number of carbonyl (C=O) groups excluding carboxylic acids is 2. The second-order valence-corrected chi connectivity index (χ2v) is 8.94. The van der Waals surface area contributed by atoms with E-state index in [2.05, 4.69) is 21.2 Å². The van der Waals surface area contributed by atoms with Crippen LogP contribution in [-0.4, -0.2) is 25.1 Å². The van der Waals surface area contributed by atoms with Gasteiger partial charge in [0, 0.05) is 10.0 Å². The second kappa shape index (κ2) is 11.5. The molecule has 0 aliphatic carbocycles. The number of ether oxygens (including phenoxy) is 3. The highest BCUT2D eigenvalue weighted by Crippen LogP contribution is 2.44. The fraction of sp³-hybridized carbons (Fsp3) is 0.208. The van der Waals surface area contributed by atoms with E-state index < -0.39 is 17.8 Å². The predicted octanol–water partition coefficient (Wildman–Crippen LogP) is 5.42. The summed E-state index contributed by atoms with van der Waals surface area (Å²) >= 11 is 15.5. The fourth-order valence-electron chi connectivity index (χ4n) is 3.47. The van der Waals surface area contributed by atoms with Crippen LogP contribution in [0.4, 0.5) is 5.69 Å². The number of hydrogen-bond donors (Lipinski definition) is 2. The monoisotopic (exact) mass is 579 g/mol. The van der Waals surface area contributed by atoms with E-state index in [1.54, 1.807) is 50.2 Å². The van der Waals surface area contributed by atoms with Gasteiger partial charge in [-0.05, 0) is 44.2 Å². The molecule has 1 unspecified atom stereocenters. The van der Waals surface area contributed by atoms with Crippen LogP contribution in [-0.2, 0) is 19.1 Å². The van der Waals surface area contributed by atoms with Crippen molar-refractivity contribution in [2.45, 2.75) is 19.8 Å². The van der Waals surface area contributed by atoms with E-state index in [9.17, 15) is 14.9 Å². The summed E-state index contributed by atoms with van der Waals surface area (Å²) in [4.78, 5) is 25.4. The van der Waals surface area contributed by atoms with Crippen LogP contribution in [0.3, 0.4) is 0 Å². The van der Waals surface area contributed by atoms with Crippen molar-refractivity contribution < 1.29 is 23.8 Å². The number of esters is 1. The van der Waals surface area contributed by atoms with Crippen LogP contribution in [0.5, 0.6) is 5.75 Å². The summed E-state index contributed by atoms with van der Waals surface area (Å²) in [6, 6.07) is 11.8. The number of benzene rings is 2. The first-order chi connectivity index (χ1) is 16.7. The number of halogens is 3. The minimum absolute atomic E-state index is 0.0109. The summed E-state index contributed by atoms with van der Waals surface area (Å²) in [5, 5.41) is 12.9. The fourth-order valence-corrected chi connectivity index (χ4v) is 4.20. The van der Waals surface area contributed by atoms with Crippen molar-refractivity contribution in [2.75, 3.05) is 18.5 Å². The number of allylic oxidation sites excluding steroid dienone is 2. The quantitative estimate of drug-likeness (QED) is 0.419. The smallest absolute Gasteiger partial charge is 0.338 e. The van der Waals surface area contributed by atoms with Crippen LogP contribution in [0.15, 0.2) is 63.7 Å². The average Bonchev–Trinajstić information content (AvgIpc) is 2.81. The molecule has 8 nitrogen and oxygen atoms in total. The van der Waals surface area contributed by atoms with Crippen LogP contribution in [0.2, 0.25) is 10.0 Å². The molecule has 0 saturated carbocycles. The van der Waals surface area contributed by atoms with Crippen LogP contribution in [0, 0.1) is 11.3 Å². The van der Waals surface area contributed by atoms with E-state index >= 15 is 0 Å². The number of nitrogens with zero attached hydrogens (tertiary/aromatic N) is 1. The van der Waals surface area contributed by atoms with Crippen LogP contribution in [0.25, 0.3) is 0 Å². The first-order valence-electron chi connectivity index (χ1n) is 10.3. The van der Waals surface area contributed by atoms with E-state index in [1.165, 1.54) is 0 Å². The third kappa shape index (κ3) is 5.90. The Kier molecular flexibility index (Phi) is 8.67. The molecule has 2 aromatic rings. The lowest BCUT2D eigenvalue weighted by atomic mass is 9.82. The Hall–Kier alpha value is -3.19. The Bertz CT molecular complexity index is 1290. The van der Waals surface area contributed by atoms with Crippen molar-refractivity contribution in [1.82, 2.24) is 0 Å². The normalized spacial score (nSPS) is 15.3. The molecule has 2 aromatic carbocycles. The highest BCUT2D eigenvalue weighted by atomic mass is 79.9. The highest BCUT2D eigenvalue weighted by molar-refractivity contribution is 9.10. The molecule has 1 amide bonds. The number of nitrogens with two attached hydrogens (primary N) is 1. The maximum atomic E-state index is 12.8. The van der Waals surface area contributed by atoms with Crippen molar-refractivity contribution in [3.05, 3.63) is 79.3 Å². The van der Waals surface area contributed by atoms with Crippen LogP contribution < -0.4 is 15.8 Å². The second-order valence-electron chi connectivity index (χ2n) is 7.24. The molecule has 0 spiro atoms. The summed E-state index contributed by atoms with van der Waals surface area (Å²) in [6.07, 6.45) is 0. The molecule has 35 heavy (non-hydrogen) atoms. The maximum absolute atomic E-state index is 12.8. The summed E-state index contributed by atoms with van der Waals surface area (Å²) in [5.41, 5.74) is 6.84. The van der Waals surface area contributed by atoms with Gasteiger partial charge in [-0.25, -0.2) is 4.79 Å². The lowest BCUT2D eigenvalue weighted by Crippen LogP contribution is -2.26. The lowest BCUT2D eigenvalue weighted by molar-refractivity contribution is -0.139. The molecule has 0 bridgehead atoms. The van der Waals surface area contributed by atoms with Gasteiger partial charge in [0.1, 0.15) is 23.2 Å². The number of amides is 1. The molecule has 182 valence electrons. The molecule has 1 aliphatic heterocycles. The van der Waals surface area contributed by atoms with Gasteiger partial charge < -0.3 is 25.3 Å². The van der Waals surface area contributed by atoms with Crippen molar-refractivity contribution >= 4 is 56.7 Å². The zero-order valence-electron chi connectivity index (χ0n) is 18.7. The van der Waals surface area contributed by atoms with E-state index in [1.807, 2.05) is 6.07 Å². The van der Waals surface area contributed by atoms with E-state index in [-0.39, 0.29) is 46.8 Å². The Morgan fingerprint density at radius 2 is 2.03 bits per heavy atom. The third-order valence-electron chi connectivity index (χ3n) is 4.97. The summed E-state index contributed by atoms with van der Waals surface area (Å²) in [5.74, 6) is -1.78. The molecular weight excluding hydrogens is 561 g/mol. The molecule has 3 N–H and O–H groups in total. The molecule has 1 heterocycles. The Balaban J connectivity index is 1.96.